The number of fused-ring (bicyclic) bond motifs is 1. The van der Waals surface area contributed by atoms with E-state index >= 15 is 0 Å². The van der Waals surface area contributed by atoms with Crippen molar-refractivity contribution >= 4 is 16.7 Å². The van der Waals surface area contributed by atoms with E-state index in [1.54, 1.807) is 0 Å². The van der Waals surface area contributed by atoms with Crippen LogP contribution in [-0.4, -0.2) is 59.3 Å². The summed E-state index contributed by atoms with van der Waals surface area (Å²) >= 11 is 0. The van der Waals surface area contributed by atoms with Crippen LogP contribution in [-0.2, 0) is 6.42 Å². The number of aliphatic hydroxyl groups excluding tert-OH is 1. The molecular formula is C23H28N4O. The first-order chi connectivity index (χ1) is 13.8. The summed E-state index contributed by atoms with van der Waals surface area (Å²) in [6.07, 6.45) is 3.55. The van der Waals surface area contributed by atoms with Gasteiger partial charge in [0.15, 0.2) is 5.82 Å². The zero-order chi connectivity index (χ0) is 19.3. The molecule has 0 saturated carbocycles. The quantitative estimate of drug-likeness (QED) is 0.715. The number of hydrogen-bond acceptors (Lipinski definition) is 5. The van der Waals surface area contributed by atoms with Crippen molar-refractivity contribution in [2.24, 2.45) is 0 Å². The number of hydrogen-bond donors (Lipinski definition) is 1. The topological polar surface area (TPSA) is 52.5 Å². The van der Waals surface area contributed by atoms with E-state index in [0.717, 1.165) is 73.5 Å². The lowest BCUT2D eigenvalue weighted by molar-refractivity contribution is 0.271. The van der Waals surface area contributed by atoms with E-state index in [1.165, 1.54) is 5.56 Å². The fourth-order valence-electron chi connectivity index (χ4n) is 3.84. The summed E-state index contributed by atoms with van der Waals surface area (Å²) in [4.78, 5) is 14.5. The van der Waals surface area contributed by atoms with E-state index < -0.39 is 0 Å². The Morgan fingerprint density at radius 2 is 1.82 bits per heavy atom. The molecule has 1 aromatic carbocycles. The Morgan fingerprint density at radius 1 is 1.04 bits per heavy atom. The normalized spacial score (nSPS) is 15.3. The maximum Gasteiger partial charge on any atom is 0.155 e. The van der Waals surface area contributed by atoms with Crippen LogP contribution in [0.4, 0.5) is 5.82 Å². The van der Waals surface area contributed by atoms with Crippen molar-refractivity contribution in [1.82, 2.24) is 14.9 Å². The van der Waals surface area contributed by atoms with Gasteiger partial charge >= 0.3 is 0 Å². The van der Waals surface area contributed by atoms with Crippen LogP contribution in [0.25, 0.3) is 22.2 Å². The van der Waals surface area contributed by atoms with E-state index in [2.05, 4.69) is 58.1 Å². The maximum absolute atomic E-state index is 9.02. The number of nitrogens with zero attached hydrogens (tertiary/aromatic N) is 4. The van der Waals surface area contributed by atoms with Gasteiger partial charge in [-0.05, 0) is 37.1 Å². The first-order valence-corrected chi connectivity index (χ1v) is 10.2. The summed E-state index contributed by atoms with van der Waals surface area (Å²) in [5.41, 5.74) is 4.33. The summed E-state index contributed by atoms with van der Waals surface area (Å²) in [7, 11) is 0. The number of aliphatic hydroxyl groups is 1. The summed E-state index contributed by atoms with van der Waals surface area (Å²) in [5, 5.41) is 10.2. The summed E-state index contributed by atoms with van der Waals surface area (Å²) in [5.74, 6) is 0.994. The minimum Gasteiger partial charge on any atom is -0.396 e. The average Bonchev–Trinajstić information content (AvgIpc) is 2.77. The number of likely N-dealkylation sites (N-methyl/N-ethyl adjacent to an activating group) is 1. The number of benzene rings is 1. The Bertz CT molecular complexity index is 918. The van der Waals surface area contributed by atoms with Gasteiger partial charge in [-0.3, -0.25) is 4.98 Å². The van der Waals surface area contributed by atoms with Gasteiger partial charge in [0.2, 0.25) is 0 Å². The highest BCUT2D eigenvalue weighted by Gasteiger charge is 2.20. The van der Waals surface area contributed by atoms with Crippen molar-refractivity contribution in [3.8, 4) is 11.3 Å². The van der Waals surface area contributed by atoms with Gasteiger partial charge in [-0.15, -0.1) is 0 Å². The molecule has 0 aliphatic carbocycles. The number of pyridine rings is 2. The van der Waals surface area contributed by atoms with Crippen molar-refractivity contribution in [3.05, 3.63) is 54.2 Å². The largest absolute Gasteiger partial charge is 0.396 e. The molecule has 2 aromatic heterocycles. The van der Waals surface area contributed by atoms with Gasteiger partial charge in [0.1, 0.15) is 5.52 Å². The fraction of sp³-hybridized carbons (Fsp3) is 0.391. The number of aryl methyl sites for hydroxylation is 1. The van der Waals surface area contributed by atoms with Gasteiger partial charge in [-0.25, -0.2) is 4.98 Å². The average molecular weight is 377 g/mol. The molecule has 0 spiro atoms. The molecule has 4 rings (SSSR count). The second-order valence-electron chi connectivity index (χ2n) is 7.35. The van der Waals surface area contributed by atoms with Crippen LogP contribution in [0.15, 0.2) is 48.7 Å². The zero-order valence-corrected chi connectivity index (χ0v) is 16.5. The lowest BCUT2D eigenvalue weighted by Crippen LogP contribution is -2.46. The molecule has 3 heterocycles. The molecule has 28 heavy (non-hydrogen) atoms. The highest BCUT2D eigenvalue weighted by molar-refractivity contribution is 5.91. The van der Waals surface area contributed by atoms with E-state index in [9.17, 15) is 0 Å². The first-order valence-electron chi connectivity index (χ1n) is 10.2. The molecule has 146 valence electrons. The number of rotatable bonds is 6. The predicted octanol–water partition coefficient (Wildman–Crippen LogP) is 3.36. The molecule has 1 fully saturated rings. The second-order valence-corrected chi connectivity index (χ2v) is 7.35. The monoisotopic (exact) mass is 376 g/mol. The zero-order valence-electron chi connectivity index (χ0n) is 16.5. The van der Waals surface area contributed by atoms with Crippen LogP contribution in [0, 0.1) is 0 Å². The van der Waals surface area contributed by atoms with Gasteiger partial charge in [-0.1, -0.05) is 37.3 Å². The van der Waals surface area contributed by atoms with Gasteiger partial charge in [0, 0.05) is 49.9 Å². The SMILES string of the molecule is CCN1CCN(c2nc(-c3ccc(CCCO)cc3)cc3cccnc23)CC1. The Morgan fingerprint density at radius 3 is 2.54 bits per heavy atom. The van der Waals surface area contributed by atoms with Crippen LogP contribution < -0.4 is 4.90 Å². The van der Waals surface area contributed by atoms with Gasteiger partial charge in [0.05, 0.1) is 5.69 Å². The highest BCUT2D eigenvalue weighted by atomic mass is 16.2. The van der Waals surface area contributed by atoms with Crippen molar-refractivity contribution in [2.75, 3.05) is 44.2 Å². The molecule has 3 aromatic rings. The summed E-state index contributed by atoms with van der Waals surface area (Å²) < 4.78 is 0. The molecule has 1 aliphatic heterocycles. The summed E-state index contributed by atoms with van der Waals surface area (Å²) in [6.45, 7) is 7.65. The molecule has 0 bridgehead atoms. The molecule has 1 aliphatic rings. The molecule has 1 N–H and O–H groups in total. The van der Waals surface area contributed by atoms with Gasteiger partial charge < -0.3 is 14.9 Å². The minimum absolute atomic E-state index is 0.232. The van der Waals surface area contributed by atoms with Crippen molar-refractivity contribution in [3.63, 3.8) is 0 Å². The predicted molar refractivity (Wildman–Crippen MR) is 115 cm³/mol. The van der Waals surface area contributed by atoms with E-state index in [0.29, 0.717) is 0 Å². The van der Waals surface area contributed by atoms with Crippen LogP contribution in [0.3, 0.4) is 0 Å². The molecule has 5 heteroatoms. The van der Waals surface area contributed by atoms with Crippen LogP contribution in [0.2, 0.25) is 0 Å². The first kappa shape index (κ1) is 18.8. The molecule has 0 atom stereocenters. The van der Waals surface area contributed by atoms with Crippen molar-refractivity contribution in [1.29, 1.82) is 0 Å². The maximum atomic E-state index is 9.02. The van der Waals surface area contributed by atoms with Crippen LogP contribution in [0.5, 0.6) is 0 Å². The Balaban J connectivity index is 1.68. The smallest absolute Gasteiger partial charge is 0.155 e. The van der Waals surface area contributed by atoms with Crippen molar-refractivity contribution < 1.29 is 5.11 Å². The van der Waals surface area contributed by atoms with Gasteiger partial charge in [0.25, 0.3) is 0 Å². The third kappa shape index (κ3) is 4.01. The lowest BCUT2D eigenvalue weighted by atomic mass is 10.0. The fourth-order valence-corrected chi connectivity index (χ4v) is 3.84. The summed E-state index contributed by atoms with van der Waals surface area (Å²) in [6, 6.07) is 14.8. The van der Waals surface area contributed by atoms with E-state index in [-0.39, 0.29) is 6.61 Å². The standard InChI is InChI=1S/C23H28N4O/c1-2-26-12-14-27(15-13-26)23-22-20(6-3-11-24-22)17-21(25-23)19-9-7-18(8-10-19)5-4-16-28/h3,6-11,17,28H,2,4-5,12-16H2,1H3. The molecule has 1 saturated heterocycles. The second kappa shape index (κ2) is 8.67. The number of aromatic nitrogens is 2. The third-order valence-electron chi connectivity index (χ3n) is 5.56. The number of anilines is 1. The Kier molecular flexibility index (Phi) is 5.84. The van der Waals surface area contributed by atoms with E-state index in [1.807, 2.05) is 12.3 Å². The third-order valence-corrected chi connectivity index (χ3v) is 5.56. The minimum atomic E-state index is 0.232. The van der Waals surface area contributed by atoms with Crippen LogP contribution in [0.1, 0.15) is 18.9 Å². The Hall–Kier alpha value is -2.50. The van der Waals surface area contributed by atoms with Gasteiger partial charge in [-0.2, -0.15) is 0 Å². The van der Waals surface area contributed by atoms with Crippen LogP contribution >= 0.6 is 0 Å². The molecular weight excluding hydrogens is 348 g/mol. The van der Waals surface area contributed by atoms with E-state index in [4.69, 9.17) is 10.1 Å². The van der Waals surface area contributed by atoms with Crippen molar-refractivity contribution in [2.45, 2.75) is 19.8 Å². The highest BCUT2D eigenvalue weighted by Crippen LogP contribution is 2.29. The molecule has 5 nitrogen and oxygen atoms in total. The number of piperazine rings is 1. The molecule has 0 unspecified atom stereocenters. The molecule has 0 radical (unpaired) electrons. The lowest BCUT2D eigenvalue weighted by Gasteiger charge is -2.35. The molecule has 0 amide bonds. The Labute approximate surface area is 166 Å².